The molecule has 1 aromatic carbocycles. The summed E-state index contributed by atoms with van der Waals surface area (Å²) in [4.78, 5) is 14.5. The number of unbranched alkanes of at least 4 members (excludes halogenated alkanes) is 1. The van der Waals surface area contributed by atoms with Crippen LogP contribution in [0.5, 0.6) is 5.75 Å². The summed E-state index contributed by atoms with van der Waals surface area (Å²) in [7, 11) is 1.88. The summed E-state index contributed by atoms with van der Waals surface area (Å²) in [6.45, 7) is 16.9. The topological polar surface area (TPSA) is 40.4 Å². The van der Waals surface area contributed by atoms with Gasteiger partial charge in [0.2, 0.25) is 0 Å². The number of benzene rings is 1. The predicted octanol–water partition coefficient (Wildman–Crippen LogP) is 7.78. The van der Waals surface area contributed by atoms with Gasteiger partial charge in [0.25, 0.3) is 0 Å². The Hall–Kier alpha value is -2.53. The monoisotopic (exact) mass is 524 g/mol. The van der Waals surface area contributed by atoms with Crippen molar-refractivity contribution in [2.75, 3.05) is 33.3 Å². The molecule has 0 radical (unpaired) electrons. The first-order chi connectivity index (χ1) is 17.9. The fraction of sp³-hybridized carbons (Fsp3) is 0.548. The third kappa shape index (κ3) is 7.98. The molecule has 0 aliphatic carbocycles. The molecule has 37 heavy (non-hydrogen) atoms. The third-order valence-corrected chi connectivity index (χ3v) is 7.45. The van der Waals surface area contributed by atoms with Crippen LogP contribution in [-0.2, 0) is 0 Å². The van der Waals surface area contributed by atoms with Gasteiger partial charge >= 0.3 is 0 Å². The quantitative estimate of drug-likeness (QED) is 0.168. The van der Waals surface area contributed by atoms with Crippen molar-refractivity contribution in [3.05, 3.63) is 58.8 Å². The molecule has 6 heteroatoms. The summed E-state index contributed by atoms with van der Waals surface area (Å²) in [5.41, 5.74) is 5.26. The van der Waals surface area contributed by atoms with E-state index < -0.39 is 0 Å². The van der Waals surface area contributed by atoms with Gasteiger partial charge in [-0.3, -0.25) is 4.99 Å². The highest BCUT2D eigenvalue weighted by Crippen LogP contribution is 2.34. The summed E-state index contributed by atoms with van der Waals surface area (Å²) in [5.74, 6) is 1.91. The Morgan fingerprint density at radius 2 is 1.92 bits per heavy atom. The van der Waals surface area contributed by atoms with Gasteiger partial charge in [-0.1, -0.05) is 44.0 Å². The minimum absolute atomic E-state index is 0.138. The number of ether oxygens (including phenoxy) is 1. The van der Waals surface area contributed by atoms with E-state index in [1.807, 2.05) is 25.2 Å². The highest BCUT2D eigenvalue weighted by Gasteiger charge is 2.28. The van der Waals surface area contributed by atoms with E-state index in [1.54, 1.807) is 0 Å². The van der Waals surface area contributed by atoms with Crippen molar-refractivity contribution in [2.24, 2.45) is 9.98 Å². The molecule has 0 bridgehead atoms. The smallest absolute Gasteiger partial charge is 0.128 e. The van der Waals surface area contributed by atoms with E-state index in [9.17, 15) is 0 Å². The van der Waals surface area contributed by atoms with Gasteiger partial charge in [0.15, 0.2) is 0 Å². The Balaban J connectivity index is 1.88. The van der Waals surface area contributed by atoms with Gasteiger partial charge in [-0.05, 0) is 82.7 Å². The summed E-state index contributed by atoms with van der Waals surface area (Å²) < 4.78 is 6.14. The highest BCUT2D eigenvalue weighted by atomic mass is 35.5. The number of likely N-dealkylation sites (tertiary alicyclic amines) is 2. The van der Waals surface area contributed by atoms with Crippen LogP contribution in [0.2, 0.25) is 5.02 Å². The molecule has 2 aliphatic heterocycles. The second-order valence-electron chi connectivity index (χ2n) is 10.1. The molecule has 1 unspecified atom stereocenters. The lowest BCUT2D eigenvalue weighted by atomic mass is 9.95. The summed E-state index contributed by atoms with van der Waals surface area (Å²) in [5, 5.41) is 0.691. The van der Waals surface area contributed by atoms with Crippen LogP contribution in [-0.4, -0.2) is 60.7 Å². The Morgan fingerprint density at radius 1 is 1.14 bits per heavy atom. The Bertz CT molecular complexity index is 1050. The first-order valence-electron chi connectivity index (χ1n) is 13.9. The average molecular weight is 525 g/mol. The summed E-state index contributed by atoms with van der Waals surface area (Å²) in [6.07, 6.45) is 12.1. The van der Waals surface area contributed by atoms with Crippen molar-refractivity contribution >= 4 is 28.8 Å². The van der Waals surface area contributed by atoms with Crippen LogP contribution in [0.25, 0.3) is 5.70 Å². The van der Waals surface area contributed by atoms with Gasteiger partial charge < -0.3 is 14.5 Å². The van der Waals surface area contributed by atoms with Crippen LogP contribution in [0.15, 0.2) is 58.2 Å². The number of rotatable bonds is 11. The second-order valence-corrected chi connectivity index (χ2v) is 10.5. The molecule has 1 aromatic rings. The molecule has 0 saturated carbocycles. The summed E-state index contributed by atoms with van der Waals surface area (Å²) in [6, 6.07) is 5.97. The molecule has 2 aliphatic rings. The average Bonchev–Trinajstić information content (AvgIpc) is 2.86. The fourth-order valence-corrected chi connectivity index (χ4v) is 4.87. The highest BCUT2D eigenvalue weighted by molar-refractivity contribution is 6.30. The van der Waals surface area contributed by atoms with Gasteiger partial charge in [0.1, 0.15) is 11.6 Å². The number of halogens is 1. The lowest BCUT2D eigenvalue weighted by molar-refractivity contribution is 0.278. The SMILES string of the molecule is C=C(c1cc(Cl)ccc1OCCCC)N1CCCCC1C(/C=C(C)/N=C(\C=C(/C)CC)N1CCC1)=N/C. The Kier molecular flexibility index (Phi) is 11.3. The number of amidine groups is 1. The number of hydrogen-bond acceptors (Lipinski definition) is 4. The second kappa shape index (κ2) is 14.4. The summed E-state index contributed by atoms with van der Waals surface area (Å²) >= 11 is 6.42. The molecule has 0 amide bonds. The van der Waals surface area contributed by atoms with E-state index >= 15 is 0 Å². The molecule has 2 heterocycles. The van der Waals surface area contributed by atoms with E-state index in [4.69, 9.17) is 26.3 Å². The van der Waals surface area contributed by atoms with Gasteiger partial charge in [0.05, 0.1) is 18.4 Å². The van der Waals surface area contributed by atoms with Gasteiger partial charge in [0, 0.05) is 48.7 Å². The molecule has 2 saturated heterocycles. The zero-order valence-electron chi connectivity index (χ0n) is 23.5. The van der Waals surface area contributed by atoms with E-state index in [0.717, 1.165) is 92.4 Å². The van der Waals surface area contributed by atoms with Crippen molar-refractivity contribution in [3.63, 3.8) is 0 Å². The lowest BCUT2D eigenvalue weighted by Gasteiger charge is -2.39. The molecule has 5 nitrogen and oxygen atoms in total. The van der Waals surface area contributed by atoms with Crippen LogP contribution in [0.4, 0.5) is 0 Å². The Labute approximate surface area is 229 Å². The fourth-order valence-electron chi connectivity index (χ4n) is 4.70. The number of nitrogens with zero attached hydrogens (tertiary/aromatic N) is 4. The molecule has 3 rings (SSSR count). The van der Waals surface area contributed by atoms with E-state index in [1.165, 1.54) is 12.0 Å². The number of piperidine rings is 1. The van der Waals surface area contributed by atoms with Crippen LogP contribution < -0.4 is 4.74 Å². The number of hydrogen-bond donors (Lipinski definition) is 0. The maximum atomic E-state index is 6.42. The van der Waals surface area contributed by atoms with Gasteiger partial charge in [-0.25, -0.2) is 4.99 Å². The molecule has 2 fully saturated rings. The van der Waals surface area contributed by atoms with E-state index in [-0.39, 0.29) is 6.04 Å². The van der Waals surface area contributed by atoms with Crippen molar-refractivity contribution in [1.29, 1.82) is 0 Å². The van der Waals surface area contributed by atoms with Crippen molar-refractivity contribution in [3.8, 4) is 5.75 Å². The maximum Gasteiger partial charge on any atom is 0.128 e. The van der Waals surface area contributed by atoms with Gasteiger partial charge in [-0.15, -0.1) is 0 Å². The van der Waals surface area contributed by atoms with Crippen LogP contribution >= 0.6 is 11.6 Å². The largest absolute Gasteiger partial charge is 0.493 e. The number of allylic oxidation sites excluding steroid dienone is 2. The van der Waals surface area contributed by atoms with Crippen LogP contribution in [0.1, 0.15) is 78.2 Å². The molecule has 202 valence electrons. The minimum atomic E-state index is 0.138. The van der Waals surface area contributed by atoms with Crippen molar-refractivity contribution in [2.45, 2.75) is 78.7 Å². The lowest BCUT2D eigenvalue weighted by Crippen LogP contribution is -2.43. The zero-order chi connectivity index (χ0) is 26.8. The predicted molar refractivity (Wildman–Crippen MR) is 160 cm³/mol. The molecular formula is C31H45ClN4O. The molecule has 1 atom stereocenters. The third-order valence-electron chi connectivity index (χ3n) is 7.22. The standard InChI is InChI=1S/C31H45ClN4O/c1-7-9-19-37-30-15-14-26(32)22-27(30)25(5)36-18-11-10-13-29(36)28(33-6)21-24(4)34-31(20-23(3)8-2)35-16-12-17-35/h14-15,20-22,29H,5,7-13,16-19H2,1-4,6H3/b23-20+,24-21+,33-28+,34-31+. The Morgan fingerprint density at radius 3 is 2.57 bits per heavy atom. The molecule has 0 N–H and O–H groups in total. The molecule has 0 spiro atoms. The van der Waals surface area contributed by atoms with E-state index in [2.05, 4.69) is 56.2 Å². The van der Waals surface area contributed by atoms with Gasteiger partial charge in [-0.2, -0.15) is 0 Å². The van der Waals surface area contributed by atoms with Crippen LogP contribution in [0.3, 0.4) is 0 Å². The van der Waals surface area contributed by atoms with Crippen molar-refractivity contribution in [1.82, 2.24) is 9.80 Å². The molecular weight excluding hydrogens is 480 g/mol. The van der Waals surface area contributed by atoms with Crippen molar-refractivity contribution < 1.29 is 4.74 Å². The zero-order valence-corrected chi connectivity index (χ0v) is 24.3. The minimum Gasteiger partial charge on any atom is -0.493 e. The van der Waals surface area contributed by atoms with Crippen LogP contribution in [0, 0.1) is 0 Å². The maximum absolute atomic E-state index is 6.42. The first kappa shape index (κ1) is 29.0. The van der Waals surface area contributed by atoms with E-state index in [0.29, 0.717) is 11.6 Å². The number of aliphatic imine (C=N–C) groups is 2. The molecule has 0 aromatic heterocycles. The first-order valence-corrected chi connectivity index (χ1v) is 14.3. The normalized spacial score (nSPS) is 19.7.